The Bertz CT molecular complexity index is 1120. The van der Waals surface area contributed by atoms with Crippen molar-refractivity contribution >= 4 is 11.6 Å². The zero-order valence-electron chi connectivity index (χ0n) is 18.3. The SMILES string of the molecule is Cc1ccc2c(c1C)NCCC[C@@H]2N(Cc1cc(C(F)(F)F)cc(C(F)(F)F)c1)c1nn[nH]n1. The van der Waals surface area contributed by atoms with E-state index in [1.165, 1.54) is 0 Å². The molecular weight excluding hydrogens is 462 g/mol. The van der Waals surface area contributed by atoms with Crippen LogP contribution in [0.4, 0.5) is 38.0 Å². The van der Waals surface area contributed by atoms with E-state index in [0.717, 1.165) is 40.9 Å². The minimum atomic E-state index is -4.93. The highest BCUT2D eigenvalue weighted by atomic mass is 19.4. The van der Waals surface area contributed by atoms with Crippen molar-refractivity contribution in [3.8, 4) is 0 Å². The lowest BCUT2D eigenvalue weighted by Crippen LogP contribution is -2.30. The molecule has 3 aromatic rings. The summed E-state index contributed by atoms with van der Waals surface area (Å²) in [6, 6.07) is 5.05. The first kappa shape index (κ1) is 23.8. The normalized spacial score (nSPS) is 16.5. The molecule has 1 atom stereocenters. The number of aromatic nitrogens is 4. The number of anilines is 2. The van der Waals surface area contributed by atoms with Crippen molar-refractivity contribution in [3.05, 3.63) is 63.7 Å². The average molecular weight is 484 g/mol. The summed E-state index contributed by atoms with van der Waals surface area (Å²) in [6.45, 7) is 4.33. The molecule has 2 heterocycles. The first-order valence-electron chi connectivity index (χ1n) is 10.6. The van der Waals surface area contributed by atoms with Crippen LogP contribution in [0.25, 0.3) is 0 Å². The highest BCUT2D eigenvalue weighted by Gasteiger charge is 2.37. The number of halogens is 6. The lowest BCUT2D eigenvalue weighted by atomic mass is 9.95. The van der Waals surface area contributed by atoms with Gasteiger partial charge in [0.15, 0.2) is 0 Å². The third-order valence-corrected chi connectivity index (χ3v) is 6.05. The quantitative estimate of drug-likeness (QED) is 0.458. The fourth-order valence-corrected chi connectivity index (χ4v) is 4.24. The molecule has 0 unspecified atom stereocenters. The molecule has 1 aromatic heterocycles. The molecular formula is C22H22F6N6. The van der Waals surface area contributed by atoms with Gasteiger partial charge < -0.3 is 10.2 Å². The van der Waals surface area contributed by atoms with Gasteiger partial charge in [-0.15, -0.1) is 5.10 Å². The number of tetrazole rings is 1. The van der Waals surface area contributed by atoms with Gasteiger partial charge in [0, 0.05) is 18.8 Å². The second-order valence-corrected chi connectivity index (χ2v) is 8.31. The van der Waals surface area contributed by atoms with Crippen LogP contribution in [0, 0.1) is 13.8 Å². The van der Waals surface area contributed by atoms with E-state index in [2.05, 4.69) is 25.9 Å². The summed E-state index contributed by atoms with van der Waals surface area (Å²) in [4.78, 5) is 1.60. The number of H-pyrrole nitrogens is 1. The summed E-state index contributed by atoms with van der Waals surface area (Å²) < 4.78 is 80.4. The highest BCUT2D eigenvalue weighted by molar-refractivity contribution is 5.63. The Balaban J connectivity index is 1.82. The van der Waals surface area contributed by atoms with E-state index < -0.39 is 29.5 Å². The van der Waals surface area contributed by atoms with Crippen LogP contribution in [0.3, 0.4) is 0 Å². The van der Waals surface area contributed by atoms with E-state index in [1.807, 2.05) is 26.0 Å². The van der Waals surface area contributed by atoms with Crippen LogP contribution in [0.5, 0.6) is 0 Å². The van der Waals surface area contributed by atoms with E-state index in [9.17, 15) is 26.3 Å². The number of nitrogens with zero attached hydrogens (tertiary/aromatic N) is 4. The minimum Gasteiger partial charge on any atom is -0.385 e. The zero-order valence-corrected chi connectivity index (χ0v) is 18.3. The van der Waals surface area contributed by atoms with E-state index in [4.69, 9.17) is 0 Å². The third-order valence-electron chi connectivity index (χ3n) is 6.05. The Labute approximate surface area is 191 Å². The Morgan fingerprint density at radius 3 is 2.26 bits per heavy atom. The van der Waals surface area contributed by atoms with Gasteiger partial charge in [-0.05, 0) is 72.4 Å². The Hall–Kier alpha value is -3.31. The van der Waals surface area contributed by atoms with Gasteiger partial charge in [0.05, 0.1) is 17.2 Å². The van der Waals surface area contributed by atoms with Crippen LogP contribution in [0.1, 0.15) is 52.3 Å². The number of alkyl halides is 6. The molecule has 0 saturated heterocycles. The van der Waals surface area contributed by atoms with Crippen molar-refractivity contribution in [2.45, 2.75) is 51.6 Å². The van der Waals surface area contributed by atoms with Gasteiger partial charge in [-0.3, -0.25) is 0 Å². The molecule has 0 bridgehead atoms. The maximum absolute atomic E-state index is 13.4. The standard InChI is InChI=1S/C22H22F6N6/c1-12-5-6-17-18(4-3-7-29-19(17)13(12)2)34(20-30-32-33-31-20)11-14-8-15(21(23,24)25)10-16(9-14)22(26,27)28/h5-6,8-10,18,29H,3-4,7,11H2,1-2H3,(H,30,31,32,33)/t18-/m0/s1. The molecule has 12 heteroatoms. The molecule has 0 fully saturated rings. The molecule has 0 amide bonds. The van der Waals surface area contributed by atoms with Crippen molar-refractivity contribution in [2.75, 3.05) is 16.8 Å². The second kappa shape index (κ2) is 8.80. The van der Waals surface area contributed by atoms with Crippen LogP contribution in [0.2, 0.25) is 0 Å². The number of aromatic amines is 1. The first-order chi connectivity index (χ1) is 15.9. The Kier molecular flexibility index (Phi) is 6.17. The Morgan fingerprint density at radius 1 is 1.00 bits per heavy atom. The molecule has 6 nitrogen and oxygen atoms in total. The third kappa shape index (κ3) is 4.80. The number of hydrogen-bond donors (Lipinski definition) is 2. The zero-order chi connectivity index (χ0) is 24.7. The number of aryl methyl sites for hydroxylation is 1. The molecule has 1 aliphatic heterocycles. The topological polar surface area (TPSA) is 69.7 Å². The van der Waals surface area contributed by atoms with Gasteiger partial charge in [-0.1, -0.05) is 17.2 Å². The number of hydrogen-bond acceptors (Lipinski definition) is 5. The molecule has 182 valence electrons. The predicted molar refractivity (Wildman–Crippen MR) is 113 cm³/mol. The van der Waals surface area contributed by atoms with Crippen LogP contribution >= 0.6 is 0 Å². The van der Waals surface area contributed by atoms with E-state index in [0.29, 0.717) is 13.0 Å². The van der Waals surface area contributed by atoms with Crippen molar-refractivity contribution in [1.29, 1.82) is 0 Å². The lowest BCUT2D eigenvalue weighted by molar-refractivity contribution is -0.143. The van der Waals surface area contributed by atoms with Gasteiger partial charge >= 0.3 is 12.4 Å². The molecule has 0 spiro atoms. The molecule has 34 heavy (non-hydrogen) atoms. The summed E-state index contributed by atoms with van der Waals surface area (Å²) in [5.41, 5.74) is 0.972. The van der Waals surface area contributed by atoms with Crippen LogP contribution < -0.4 is 10.2 Å². The number of benzene rings is 2. The molecule has 0 aliphatic carbocycles. The number of rotatable bonds is 4. The summed E-state index contributed by atoms with van der Waals surface area (Å²) >= 11 is 0. The van der Waals surface area contributed by atoms with Gasteiger partial charge in [0.1, 0.15) is 0 Å². The summed E-state index contributed by atoms with van der Waals surface area (Å²) in [5, 5.41) is 17.2. The Morgan fingerprint density at radius 2 is 1.68 bits per heavy atom. The minimum absolute atomic E-state index is 0.0852. The summed E-state index contributed by atoms with van der Waals surface area (Å²) in [5.74, 6) is 0.0852. The predicted octanol–water partition coefficient (Wildman–Crippen LogP) is 5.81. The second-order valence-electron chi connectivity index (χ2n) is 8.31. The summed E-state index contributed by atoms with van der Waals surface area (Å²) in [7, 11) is 0. The molecule has 4 rings (SSSR count). The van der Waals surface area contributed by atoms with Crippen molar-refractivity contribution < 1.29 is 26.3 Å². The highest BCUT2D eigenvalue weighted by Crippen LogP contribution is 2.40. The largest absolute Gasteiger partial charge is 0.416 e. The summed E-state index contributed by atoms with van der Waals surface area (Å²) in [6.07, 6.45) is -8.55. The van der Waals surface area contributed by atoms with Gasteiger partial charge in [-0.2, -0.15) is 31.6 Å². The number of fused-ring (bicyclic) bond motifs is 1. The van der Waals surface area contributed by atoms with Crippen LogP contribution in [-0.2, 0) is 18.9 Å². The van der Waals surface area contributed by atoms with Gasteiger partial charge in [0.2, 0.25) is 0 Å². The van der Waals surface area contributed by atoms with Crippen LogP contribution in [0.15, 0.2) is 30.3 Å². The first-order valence-corrected chi connectivity index (χ1v) is 10.6. The molecule has 0 radical (unpaired) electrons. The molecule has 2 N–H and O–H groups in total. The van der Waals surface area contributed by atoms with Crippen molar-refractivity contribution in [2.24, 2.45) is 0 Å². The maximum atomic E-state index is 13.4. The molecule has 0 saturated carbocycles. The van der Waals surface area contributed by atoms with E-state index >= 15 is 0 Å². The van der Waals surface area contributed by atoms with Crippen molar-refractivity contribution in [3.63, 3.8) is 0 Å². The van der Waals surface area contributed by atoms with Gasteiger partial charge in [-0.25, -0.2) is 0 Å². The smallest absolute Gasteiger partial charge is 0.385 e. The van der Waals surface area contributed by atoms with Crippen molar-refractivity contribution in [1.82, 2.24) is 20.6 Å². The average Bonchev–Trinajstić information content (AvgIpc) is 3.20. The maximum Gasteiger partial charge on any atom is 0.416 e. The number of nitrogens with one attached hydrogen (secondary N) is 2. The monoisotopic (exact) mass is 484 g/mol. The molecule has 1 aliphatic rings. The lowest BCUT2D eigenvalue weighted by Gasteiger charge is -2.32. The van der Waals surface area contributed by atoms with E-state index in [-0.39, 0.29) is 24.1 Å². The van der Waals surface area contributed by atoms with Crippen LogP contribution in [-0.4, -0.2) is 27.2 Å². The van der Waals surface area contributed by atoms with Gasteiger partial charge in [0.25, 0.3) is 5.95 Å². The fourth-order valence-electron chi connectivity index (χ4n) is 4.24. The fraction of sp³-hybridized carbons (Fsp3) is 0.409. The molecule has 2 aromatic carbocycles. The van der Waals surface area contributed by atoms with E-state index in [1.54, 1.807) is 4.90 Å².